The molecular weight excluding hydrogens is 370 g/mol. The lowest BCUT2D eigenvalue weighted by atomic mass is 9.97. The molecule has 1 aromatic heterocycles. The molecule has 0 saturated heterocycles. The number of thioether (sulfide) groups is 1. The normalized spacial score (nSPS) is 10.8. The van der Waals surface area contributed by atoms with E-state index in [4.69, 9.17) is 23.1 Å². The SMILES string of the molecule is CC(C)(N)C(=O)CSc1nc(N)c(C#N)c(-c2cccc(Cl)c2)c1C#N. The molecule has 0 radical (unpaired) electrons. The third-order valence-electron chi connectivity index (χ3n) is 3.59. The van der Waals surface area contributed by atoms with Gasteiger partial charge in [-0.1, -0.05) is 35.5 Å². The molecule has 0 atom stereocenters. The maximum Gasteiger partial charge on any atom is 0.162 e. The monoisotopic (exact) mass is 385 g/mol. The number of nitrogens with zero attached hydrogens (tertiary/aromatic N) is 3. The number of rotatable bonds is 5. The fraction of sp³-hybridized carbons (Fsp3) is 0.222. The Kier molecular flexibility index (Phi) is 5.89. The van der Waals surface area contributed by atoms with E-state index in [2.05, 4.69) is 11.1 Å². The van der Waals surface area contributed by atoms with Crippen molar-refractivity contribution < 1.29 is 4.79 Å². The molecule has 4 N–H and O–H groups in total. The quantitative estimate of drug-likeness (QED) is 0.756. The van der Waals surface area contributed by atoms with Gasteiger partial charge in [0, 0.05) is 10.6 Å². The smallest absolute Gasteiger partial charge is 0.162 e. The molecule has 132 valence electrons. The number of pyridine rings is 1. The van der Waals surface area contributed by atoms with Gasteiger partial charge in [-0.15, -0.1) is 0 Å². The molecule has 0 saturated carbocycles. The van der Waals surface area contributed by atoms with Crippen LogP contribution in [0.3, 0.4) is 0 Å². The molecule has 0 unspecified atom stereocenters. The molecular formula is C18H16ClN5OS. The van der Waals surface area contributed by atoms with Crippen molar-refractivity contribution in [3.05, 3.63) is 40.4 Å². The molecule has 6 nitrogen and oxygen atoms in total. The molecule has 0 fully saturated rings. The van der Waals surface area contributed by atoms with Crippen LogP contribution < -0.4 is 11.5 Å². The maximum absolute atomic E-state index is 12.1. The topological polar surface area (TPSA) is 130 Å². The third kappa shape index (κ3) is 4.14. The standard InChI is InChI=1S/C18H16ClN5OS/c1-18(2,23)14(25)9-26-17-13(8-21)15(12(7-20)16(22)24-17)10-4-3-5-11(19)6-10/h3-6H,9,23H2,1-2H3,(H2,22,24). The van der Waals surface area contributed by atoms with Crippen LogP contribution in [0.25, 0.3) is 11.1 Å². The summed E-state index contributed by atoms with van der Waals surface area (Å²) in [5.74, 6) is -0.172. The van der Waals surface area contributed by atoms with Crippen molar-refractivity contribution in [3.63, 3.8) is 0 Å². The molecule has 1 aromatic carbocycles. The van der Waals surface area contributed by atoms with Gasteiger partial charge in [0.2, 0.25) is 0 Å². The summed E-state index contributed by atoms with van der Waals surface area (Å²) >= 11 is 7.11. The highest BCUT2D eigenvalue weighted by Gasteiger charge is 2.25. The van der Waals surface area contributed by atoms with Crippen LogP contribution in [0.5, 0.6) is 0 Å². The zero-order valence-electron chi connectivity index (χ0n) is 14.2. The molecule has 0 amide bonds. The van der Waals surface area contributed by atoms with Gasteiger partial charge in [0.15, 0.2) is 5.78 Å². The lowest BCUT2D eigenvalue weighted by molar-refractivity contribution is -0.120. The van der Waals surface area contributed by atoms with E-state index in [1.807, 2.05) is 6.07 Å². The van der Waals surface area contributed by atoms with E-state index in [1.54, 1.807) is 38.1 Å². The Bertz CT molecular complexity index is 954. The summed E-state index contributed by atoms with van der Waals surface area (Å²) in [4.78, 5) is 16.2. The summed E-state index contributed by atoms with van der Waals surface area (Å²) in [7, 11) is 0. The molecule has 2 aromatic rings. The Morgan fingerprint density at radius 3 is 2.50 bits per heavy atom. The van der Waals surface area contributed by atoms with Gasteiger partial charge >= 0.3 is 0 Å². The molecule has 0 spiro atoms. The van der Waals surface area contributed by atoms with Crippen molar-refractivity contribution in [3.8, 4) is 23.3 Å². The number of carbonyl (C=O) groups is 1. The summed E-state index contributed by atoms with van der Waals surface area (Å²) in [5, 5.41) is 19.9. The minimum Gasteiger partial charge on any atom is -0.383 e. The van der Waals surface area contributed by atoms with Crippen LogP contribution in [-0.2, 0) is 4.79 Å². The first-order chi connectivity index (χ1) is 12.2. The van der Waals surface area contributed by atoms with Gasteiger partial charge in [-0.05, 0) is 31.5 Å². The molecule has 0 aliphatic rings. The van der Waals surface area contributed by atoms with E-state index in [9.17, 15) is 15.3 Å². The number of benzene rings is 1. The van der Waals surface area contributed by atoms with Crippen LogP contribution in [-0.4, -0.2) is 22.1 Å². The average molecular weight is 386 g/mol. The van der Waals surface area contributed by atoms with E-state index in [0.29, 0.717) is 16.1 Å². The van der Waals surface area contributed by atoms with Crippen LogP contribution in [0.4, 0.5) is 5.82 Å². The Hall–Kier alpha value is -2.58. The largest absolute Gasteiger partial charge is 0.383 e. The summed E-state index contributed by atoms with van der Waals surface area (Å²) in [6, 6.07) is 10.8. The number of nitrogen functional groups attached to an aromatic ring is 1. The van der Waals surface area contributed by atoms with Crippen molar-refractivity contribution in [1.82, 2.24) is 4.98 Å². The van der Waals surface area contributed by atoms with Crippen LogP contribution in [0.15, 0.2) is 29.3 Å². The van der Waals surface area contributed by atoms with Gasteiger partial charge in [0.1, 0.15) is 28.5 Å². The van der Waals surface area contributed by atoms with E-state index in [1.165, 1.54) is 0 Å². The lowest BCUT2D eigenvalue weighted by Crippen LogP contribution is -2.42. The number of nitrogens with two attached hydrogens (primary N) is 2. The van der Waals surface area contributed by atoms with Crippen molar-refractivity contribution in [2.45, 2.75) is 24.4 Å². The van der Waals surface area contributed by atoms with Gasteiger partial charge in [-0.3, -0.25) is 4.79 Å². The second kappa shape index (κ2) is 7.76. The van der Waals surface area contributed by atoms with Gasteiger partial charge in [-0.25, -0.2) is 4.98 Å². The number of halogens is 1. The van der Waals surface area contributed by atoms with Crippen molar-refractivity contribution >= 4 is 35.0 Å². The molecule has 0 aliphatic carbocycles. The molecule has 2 rings (SSSR count). The van der Waals surface area contributed by atoms with Crippen LogP contribution in [0, 0.1) is 22.7 Å². The number of hydrogen-bond acceptors (Lipinski definition) is 7. The fourth-order valence-electron chi connectivity index (χ4n) is 2.16. The molecule has 1 heterocycles. The average Bonchev–Trinajstić information content (AvgIpc) is 2.57. The number of anilines is 1. The lowest BCUT2D eigenvalue weighted by Gasteiger charge is -2.17. The Morgan fingerprint density at radius 2 is 1.96 bits per heavy atom. The third-order valence-corrected chi connectivity index (χ3v) is 4.80. The summed E-state index contributed by atoms with van der Waals surface area (Å²) < 4.78 is 0. The fourth-order valence-corrected chi connectivity index (χ4v) is 3.44. The van der Waals surface area contributed by atoms with Crippen LogP contribution >= 0.6 is 23.4 Å². The summed E-state index contributed by atoms with van der Waals surface area (Å²) in [6.07, 6.45) is 0. The van der Waals surface area contributed by atoms with Gasteiger partial charge in [0.05, 0.1) is 16.9 Å². The van der Waals surface area contributed by atoms with E-state index in [0.717, 1.165) is 11.8 Å². The number of aromatic nitrogens is 1. The zero-order chi connectivity index (χ0) is 19.5. The van der Waals surface area contributed by atoms with Crippen molar-refractivity contribution in [2.24, 2.45) is 5.73 Å². The number of carbonyl (C=O) groups excluding carboxylic acids is 1. The predicted octanol–water partition coefficient (Wildman–Crippen LogP) is 3.13. The van der Waals surface area contributed by atoms with Gasteiger partial charge in [0.25, 0.3) is 0 Å². The van der Waals surface area contributed by atoms with E-state index in [-0.39, 0.29) is 33.5 Å². The first-order valence-electron chi connectivity index (χ1n) is 7.53. The molecule has 26 heavy (non-hydrogen) atoms. The highest BCUT2D eigenvalue weighted by Crippen LogP contribution is 2.36. The van der Waals surface area contributed by atoms with E-state index < -0.39 is 5.54 Å². The Morgan fingerprint density at radius 1 is 1.31 bits per heavy atom. The van der Waals surface area contributed by atoms with Gasteiger partial charge < -0.3 is 11.5 Å². The van der Waals surface area contributed by atoms with Crippen molar-refractivity contribution in [2.75, 3.05) is 11.5 Å². The highest BCUT2D eigenvalue weighted by atomic mass is 35.5. The van der Waals surface area contributed by atoms with E-state index >= 15 is 0 Å². The first-order valence-corrected chi connectivity index (χ1v) is 8.90. The molecule has 8 heteroatoms. The van der Waals surface area contributed by atoms with Crippen LogP contribution in [0.1, 0.15) is 25.0 Å². The molecule has 0 bridgehead atoms. The second-order valence-electron chi connectivity index (χ2n) is 6.09. The minimum atomic E-state index is -0.992. The number of nitriles is 2. The highest BCUT2D eigenvalue weighted by molar-refractivity contribution is 8.00. The number of ketones is 1. The first kappa shape index (κ1) is 19.7. The number of Topliss-reactive ketones (excluding diaryl/α,β-unsaturated/α-hetero) is 1. The Labute approximate surface area is 160 Å². The maximum atomic E-state index is 12.1. The van der Waals surface area contributed by atoms with Crippen molar-refractivity contribution in [1.29, 1.82) is 10.5 Å². The number of hydrogen-bond donors (Lipinski definition) is 2. The zero-order valence-corrected chi connectivity index (χ0v) is 15.8. The molecule has 0 aliphatic heterocycles. The summed E-state index contributed by atoms with van der Waals surface area (Å²) in [5.41, 5.74) is 11.9. The Balaban J connectivity index is 2.61. The predicted molar refractivity (Wildman–Crippen MR) is 103 cm³/mol. The summed E-state index contributed by atoms with van der Waals surface area (Å²) in [6.45, 7) is 3.22. The van der Waals surface area contributed by atoms with Gasteiger partial charge in [-0.2, -0.15) is 10.5 Å². The van der Waals surface area contributed by atoms with Crippen LogP contribution in [0.2, 0.25) is 5.02 Å². The second-order valence-corrected chi connectivity index (χ2v) is 7.50. The minimum absolute atomic E-state index is 0.0107.